The van der Waals surface area contributed by atoms with Crippen molar-refractivity contribution >= 4 is 28.7 Å². The number of para-hydroxylation sites is 1. The van der Waals surface area contributed by atoms with Gasteiger partial charge in [0.05, 0.1) is 18.3 Å². The molecule has 0 unspecified atom stereocenters. The van der Waals surface area contributed by atoms with E-state index < -0.39 is 12.1 Å². The Labute approximate surface area is 108 Å². The fourth-order valence-corrected chi connectivity index (χ4v) is 1.52. The maximum Gasteiger partial charge on any atom is 0.425 e. The Kier molecular flexibility index (Phi) is 3.77. The standard InChI is InChI=1S/C12H12N4O3/c1-19-12(18)16-15-11(17)14-9-6-2-4-8-5-3-7-13-10(8)9/h2-7H,1H3,(H,16,18)(H2,14,15,17). The fraction of sp³-hybridized carbons (Fsp3) is 0.0833. The number of nitrogens with one attached hydrogen (secondary N) is 3. The third-order valence-corrected chi connectivity index (χ3v) is 2.34. The highest BCUT2D eigenvalue weighted by atomic mass is 16.5. The Morgan fingerprint density at radius 3 is 2.74 bits per heavy atom. The van der Waals surface area contributed by atoms with Crippen LogP contribution in [0.15, 0.2) is 36.5 Å². The first kappa shape index (κ1) is 12.6. The summed E-state index contributed by atoms with van der Waals surface area (Å²) in [5.41, 5.74) is 5.41. The molecular weight excluding hydrogens is 248 g/mol. The molecule has 19 heavy (non-hydrogen) atoms. The van der Waals surface area contributed by atoms with E-state index in [0.717, 1.165) is 5.39 Å². The first-order chi connectivity index (χ1) is 9.20. The number of aromatic nitrogens is 1. The lowest BCUT2D eigenvalue weighted by atomic mass is 10.2. The van der Waals surface area contributed by atoms with Gasteiger partial charge in [0.2, 0.25) is 0 Å². The van der Waals surface area contributed by atoms with Crippen molar-refractivity contribution in [2.75, 3.05) is 12.4 Å². The van der Waals surface area contributed by atoms with Gasteiger partial charge in [-0.15, -0.1) is 0 Å². The molecule has 2 aromatic rings. The fourth-order valence-electron chi connectivity index (χ4n) is 1.52. The Balaban J connectivity index is 2.09. The molecule has 0 atom stereocenters. The Morgan fingerprint density at radius 2 is 1.95 bits per heavy atom. The van der Waals surface area contributed by atoms with Crippen LogP contribution in [0.2, 0.25) is 0 Å². The van der Waals surface area contributed by atoms with Crippen LogP contribution >= 0.6 is 0 Å². The Morgan fingerprint density at radius 1 is 1.16 bits per heavy atom. The lowest BCUT2D eigenvalue weighted by Crippen LogP contribution is -2.43. The predicted molar refractivity (Wildman–Crippen MR) is 69.4 cm³/mol. The molecule has 0 spiro atoms. The molecule has 0 saturated heterocycles. The molecule has 0 radical (unpaired) electrons. The van der Waals surface area contributed by atoms with Crippen molar-refractivity contribution in [3.05, 3.63) is 36.5 Å². The van der Waals surface area contributed by atoms with Crippen LogP contribution in [0.3, 0.4) is 0 Å². The number of rotatable bonds is 1. The van der Waals surface area contributed by atoms with E-state index >= 15 is 0 Å². The predicted octanol–water partition coefficient (Wildman–Crippen LogP) is 1.63. The minimum absolute atomic E-state index is 0.544. The molecular formula is C12H12N4O3. The van der Waals surface area contributed by atoms with E-state index in [1.54, 1.807) is 18.3 Å². The molecule has 0 aliphatic heterocycles. The summed E-state index contributed by atoms with van der Waals surface area (Å²) in [5.74, 6) is 0. The number of pyridine rings is 1. The number of hydrogen-bond donors (Lipinski definition) is 3. The Hall–Kier alpha value is -2.83. The summed E-state index contributed by atoms with van der Waals surface area (Å²) in [4.78, 5) is 26.5. The van der Waals surface area contributed by atoms with Crippen LogP contribution < -0.4 is 16.2 Å². The third-order valence-electron chi connectivity index (χ3n) is 2.34. The normalized spacial score (nSPS) is 9.74. The average Bonchev–Trinajstić information content (AvgIpc) is 2.45. The molecule has 1 aromatic carbocycles. The molecule has 1 heterocycles. The van der Waals surface area contributed by atoms with E-state index in [1.807, 2.05) is 18.2 Å². The van der Waals surface area contributed by atoms with E-state index in [2.05, 4.69) is 25.9 Å². The number of nitrogens with zero attached hydrogens (tertiary/aromatic N) is 1. The number of ether oxygens (including phenoxy) is 1. The van der Waals surface area contributed by atoms with Gasteiger partial charge in [-0.2, -0.15) is 0 Å². The van der Waals surface area contributed by atoms with Gasteiger partial charge < -0.3 is 10.1 Å². The lowest BCUT2D eigenvalue weighted by molar-refractivity contribution is 0.166. The van der Waals surface area contributed by atoms with Gasteiger partial charge in [-0.3, -0.25) is 4.98 Å². The van der Waals surface area contributed by atoms with Crippen LogP contribution in [-0.4, -0.2) is 24.2 Å². The van der Waals surface area contributed by atoms with Crippen molar-refractivity contribution in [2.45, 2.75) is 0 Å². The van der Waals surface area contributed by atoms with E-state index in [9.17, 15) is 9.59 Å². The van der Waals surface area contributed by atoms with Crippen molar-refractivity contribution < 1.29 is 14.3 Å². The first-order valence-electron chi connectivity index (χ1n) is 5.45. The number of methoxy groups -OCH3 is 1. The number of urea groups is 1. The van der Waals surface area contributed by atoms with Crippen LogP contribution in [0.5, 0.6) is 0 Å². The van der Waals surface area contributed by atoms with Crippen LogP contribution in [0, 0.1) is 0 Å². The molecule has 7 heteroatoms. The Bertz CT molecular complexity index is 609. The van der Waals surface area contributed by atoms with E-state index in [1.165, 1.54) is 7.11 Å². The zero-order valence-corrected chi connectivity index (χ0v) is 10.1. The van der Waals surface area contributed by atoms with Gasteiger partial charge in [0, 0.05) is 11.6 Å². The largest absolute Gasteiger partial charge is 0.452 e. The van der Waals surface area contributed by atoms with Crippen molar-refractivity contribution in [1.82, 2.24) is 15.8 Å². The minimum Gasteiger partial charge on any atom is -0.452 e. The molecule has 3 amide bonds. The van der Waals surface area contributed by atoms with Crippen LogP contribution in [0.25, 0.3) is 10.9 Å². The third kappa shape index (κ3) is 3.09. The monoisotopic (exact) mass is 260 g/mol. The summed E-state index contributed by atoms with van der Waals surface area (Å²) in [6.07, 6.45) is 0.879. The molecule has 7 nitrogen and oxygen atoms in total. The van der Waals surface area contributed by atoms with Gasteiger partial charge in [0.25, 0.3) is 0 Å². The van der Waals surface area contributed by atoms with E-state index in [-0.39, 0.29) is 0 Å². The molecule has 0 fully saturated rings. The number of carbonyl (C=O) groups excluding carboxylic acids is 2. The second-order valence-corrected chi connectivity index (χ2v) is 3.58. The van der Waals surface area contributed by atoms with Gasteiger partial charge in [0.1, 0.15) is 0 Å². The van der Waals surface area contributed by atoms with Gasteiger partial charge in [-0.1, -0.05) is 18.2 Å². The zero-order chi connectivity index (χ0) is 13.7. The summed E-state index contributed by atoms with van der Waals surface area (Å²) >= 11 is 0. The van der Waals surface area contributed by atoms with Crippen molar-refractivity contribution in [2.24, 2.45) is 0 Å². The molecule has 0 bridgehead atoms. The lowest BCUT2D eigenvalue weighted by Gasteiger charge is -2.09. The number of anilines is 1. The number of fused-ring (bicyclic) bond motifs is 1. The van der Waals surface area contributed by atoms with Gasteiger partial charge in [-0.05, 0) is 12.1 Å². The molecule has 3 N–H and O–H groups in total. The van der Waals surface area contributed by atoms with Crippen LogP contribution in [-0.2, 0) is 4.74 Å². The van der Waals surface area contributed by atoms with Gasteiger partial charge >= 0.3 is 12.1 Å². The number of carbonyl (C=O) groups is 2. The van der Waals surface area contributed by atoms with Gasteiger partial charge in [-0.25, -0.2) is 20.4 Å². The molecule has 1 aromatic heterocycles. The van der Waals surface area contributed by atoms with Crippen molar-refractivity contribution in [3.63, 3.8) is 0 Å². The zero-order valence-electron chi connectivity index (χ0n) is 10.1. The molecule has 98 valence electrons. The quantitative estimate of drug-likeness (QED) is 0.679. The highest BCUT2D eigenvalue weighted by molar-refractivity contribution is 5.99. The molecule has 0 aliphatic carbocycles. The second-order valence-electron chi connectivity index (χ2n) is 3.58. The maximum absolute atomic E-state index is 11.6. The maximum atomic E-state index is 11.6. The first-order valence-corrected chi connectivity index (χ1v) is 5.45. The topological polar surface area (TPSA) is 92.4 Å². The molecule has 2 rings (SSSR count). The number of amides is 3. The van der Waals surface area contributed by atoms with E-state index in [0.29, 0.717) is 11.2 Å². The summed E-state index contributed by atoms with van der Waals surface area (Å²) in [7, 11) is 1.20. The molecule has 0 aliphatic rings. The minimum atomic E-state index is -0.758. The summed E-state index contributed by atoms with van der Waals surface area (Å²) in [6, 6.07) is 8.50. The smallest absolute Gasteiger partial charge is 0.425 e. The van der Waals surface area contributed by atoms with Crippen molar-refractivity contribution in [3.8, 4) is 0 Å². The van der Waals surface area contributed by atoms with Crippen LogP contribution in [0.4, 0.5) is 15.3 Å². The summed E-state index contributed by atoms with van der Waals surface area (Å²) in [6.45, 7) is 0. The average molecular weight is 260 g/mol. The number of hydrogen-bond acceptors (Lipinski definition) is 4. The molecule has 0 saturated carbocycles. The number of hydrazine groups is 1. The van der Waals surface area contributed by atoms with Crippen LogP contribution in [0.1, 0.15) is 0 Å². The summed E-state index contributed by atoms with van der Waals surface area (Å²) in [5, 5.41) is 3.49. The number of benzene rings is 1. The van der Waals surface area contributed by atoms with E-state index in [4.69, 9.17) is 0 Å². The SMILES string of the molecule is COC(=O)NNC(=O)Nc1cccc2cccnc12. The van der Waals surface area contributed by atoms with Crippen molar-refractivity contribution in [1.29, 1.82) is 0 Å². The highest BCUT2D eigenvalue weighted by Crippen LogP contribution is 2.20. The van der Waals surface area contributed by atoms with Gasteiger partial charge in [0.15, 0.2) is 0 Å². The highest BCUT2D eigenvalue weighted by Gasteiger charge is 2.07. The second kappa shape index (κ2) is 5.67. The summed E-state index contributed by atoms with van der Waals surface area (Å²) < 4.78 is 4.32.